The molecule has 0 bridgehead atoms. The molecular formula is C16H15BrClN5O. The summed E-state index contributed by atoms with van der Waals surface area (Å²) in [5, 5.41) is 3.44. The fraction of sp³-hybridized carbons (Fsp3) is 0.312. The van der Waals surface area contributed by atoms with Crippen LogP contribution in [-0.2, 0) is 4.74 Å². The summed E-state index contributed by atoms with van der Waals surface area (Å²) in [7, 11) is 0. The van der Waals surface area contributed by atoms with E-state index < -0.39 is 0 Å². The predicted molar refractivity (Wildman–Crippen MR) is 96.6 cm³/mol. The summed E-state index contributed by atoms with van der Waals surface area (Å²) in [6, 6.07) is 7.81. The number of fused-ring (bicyclic) bond motifs is 1. The van der Waals surface area contributed by atoms with E-state index in [9.17, 15) is 0 Å². The molecule has 0 amide bonds. The number of hydrogen-bond acceptors (Lipinski definition) is 5. The molecule has 3 aromatic rings. The first-order chi connectivity index (χ1) is 11.7. The third kappa shape index (κ3) is 3.11. The van der Waals surface area contributed by atoms with Crippen LogP contribution in [0.3, 0.4) is 0 Å². The van der Waals surface area contributed by atoms with E-state index in [2.05, 4.69) is 36.2 Å². The number of rotatable bonds is 3. The van der Waals surface area contributed by atoms with Gasteiger partial charge in [0.15, 0.2) is 17.0 Å². The van der Waals surface area contributed by atoms with Gasteiger partial charge in [-0.1, -0.05) is 15.9 Å². The lowest BCUT2D eigenvalue weighted by Gasteiger charge is -2.23. The van der Waals surface area contributed by atoms with Gasteiger partial charge in [-0.15, -0.1) is 0 Å². The molecular weight excluding hydrogens is 394 g/mol. The zero-order valence-electron chi connectivity index (χ0n) is 12.7. The highest BCUT2D eigenvalue weighted by Gasteiger charge is 2.21. The maximum Gasteiger partial charge on any atom is 0.226 e. The summed E-state index contributed by atoms with van der Waals surface area (Å²) in [6.07, 6.45) is 4.87. The highest BCUT2D eigenvalue weighted by atomic mass is 79.9. The van der Waals surface area contributed by atoms with Crippen molar-refractivity contribution in [1.29, 1.82) is 0 Å². The lowest BCUT2D eigenvalue weighted by atomic mass is 10.2. The van der Waals surface area contributed by atoms with Gasteiger partial charge in [0, 0.05) is 16.8 Å². The van der Waals surface area contributed by atoms with Gasteiger partial charge in [-0.2, -0.15) is 9.97 Å². The van der Waals surface area contributed by atoms with Crippen LogP contribution in [0.1, 0.15) is 25.5 Å². The molecule has 6 nitrogen and oxygen atoms in total. The van der Waals surface area contributed by atoms with Crippen molar-refractivity contribution in [2.24, 2.45) is 0 Å². The molecule has 4 rings (SSSR count). The van der Waals surface area contributed by atoms with Gasteiger partial charge >= 0.3 is 0 Å². The van der Waals surface area contributed by atoms with Crippen molar-refractivity contribution in [1.82, 2.24) is 19.5 Å². The van der Waals surface area contributed by atoms with E-state index in [0.717, 1.165) is 36.0 Å². The topological polar surface area (TPSA) is 64.9 Å². The molecule has 1 saturated heterocycles. The Morgan fingerprint density at radius 2 is 2.04 bits per heavy atom. The minimum atomic E-state index is -0.0461. The van der Waals surface area contributed by atoms with E-state index in [1.807, 2.05) is 28.8 Å². The number of benzene rings is 1. The number of halogens is 2. The Hall–Kier alpha value is -1.70. The van der Waals surface area contributed by atoms with E-state index in [4.69, 9.17) is 16.3 Å². The van der Waals surface area contributed by atoms with Crippen LogP contribution in [0.4, 0.5) is 11.5 Å². The fourth-order valence-electron chi connectivity index (χ4n) is 2.80. The average Bonchev–Trinajstić information content (AvgIpc) is 3.01. The number of nitrogens with one attached hydrogen (secondary N) is 1. The van der Waals surface area contributed by atoms with Crippen LogP contribution in [0.15, 0.2) is 35.1 Å². The van der Waals surface area contributed by atoms with Gasteiger partial charge in [0.1, 0.15) is 6.23 Å². The smallest absolute Gasteiger partial charge is 0.226 e. The van der Waals surface area contributed by atoms with Crippen molar-refractivity contribution >= 4 is 50.2 Å². The second-order valence-electron chi connectivity index (χ2n) is 5.62. The highest BCUT2D eigenvalue weighted by molar-refractivity contribution is 9.10. The van der Waals surface area contributed by atoms with Crippen LogP contribution < -0.4 is 5.32 Å². The molecule has 1 aliphatic rings. The normalized spacial score (nSPS) is 18.0. The SMILES string of the molecule is Clc1nc(Nc2ccc(Br)cc2)c2ncn(C3CCCCO3)c2n1. The Labute approximate surface area is 152 Å². The number of nitrogens with zero attached hydrogens (tertiary/aromatic N) is 4. The molecule has 8 heteroatoms. The van der Waals surface area contributed by atoms with E-state index in [-0.39, 0.29) is 11.5 Å². The van der Waals surface area contributed by atoms with Crippen molar-refractivity contribution in [2.75, 3.05) is 11.9 Å². The third-order valence-electron chi connectivity index (χ3n) is 3.97. The van der Waals surface area contributed by atoms with Crippen molar-refractivity contribution in [3.05, 3.63) is 40.3 Å². The summed E-state index contributed by atoms with van der Waals surface area (Å²) in [6.45, 7) is 0.757. The molecule has 1 atom stereocenters. The van der Waals surface area contributed by atoms with Crippen LogP contribution in [0.25, 0.3) is 11.2 Å². The molecule has 3 heterocycles. The van der Waals surface area contributed by atoms with Gasteiger partial charge in [-0.3, -0.25) is 4.57 Å². The van der Waals surface area contributed by atoms with Crippen molar-refractivity contribution in [3.8, 4) is 0 Å². The molecule has 0 spiro atoms. The lowest BCUT2D eigenvalue weighted by Crippen LogP contribution is -2.17. The van der Waals surface area contributed by atoms with Gasteiger partial charge in [-0.05, 0) is 55.1 Å². The van der Waals surface area contributed by atoms with Gasteiger partial charge in [-0.25, -0.2) is 4.98 Å². The first kappa shape index (κ1) is 15.8. The van der Waals surface area contributed by atoms with Crippen molar-refractivity contribution < 1.29 is 4.74 Å². The Bertz CT molecular complexity index is 861. The minimum absolute atomic E-state index is 0.0461. The second kappa shape index (κ2) is 6.66. The summed E-state index contributed by atoms with van der Waals surface area (Å²) in [5.74, 6) is 0.585. The first-order valence-electron chi connectivity index (χ1n) is 7.75. The van der Waals surface area contributed by atoms with Crippen LogP contribution in [0.2, 0.25) is 5.28 Å². The largest absolute Gasteiger partial charge is 0.358 e. The molecule has 0 radical (unpaired) electrons. The summed E-state index contributed by atoms with van der Waals surface area (Å²) >= 11 is 9.56. The Balaban J connectivity index is 1.73. The summed E-state index contributed by atoms with van der Waals surface area (Å²) in [5.41, 5.74) is 2.26. The zero-order valence-corrected chi connectivity index (χ0v) is 15.1. The van der Waals surface area contributed by atoms with Crippen molar-refractivity contribution in [3.63, 3.8) is 0 Å². The quantitative estimate of drug-likeness (QED) is 0.637. The number of anilines is 2. The molecule has 24 heavy (non-hydrogen) atoms. The van der Waals surface area contributed by atoms with Crippen LogP contribution in [0.5, 0.6) is 0 Å². The molecule has 0 saturated carbocycles. The van der Waals surface area contributed by atoms with Gasteiger partial charge in [0.05, 0.1) is 6.33 Å². The monoisotopic (exact) mass is 407 g/mol. The van der Waals surface area contributed by atoms with Crippen molar-refractivity contribution in [2.45, 2.75) is 25.5 Å². The summed E-state index contributed by atoms with van der Waals surface area (Å²) in [4.78, 5) is 13.1. The molecule has 1 aromatic carbocycles. The maximum absolute atomic E-state index is 6.13. The Morgan fingerprint density at radius 3 is 2.79 bits per heavy atom. The molecule has 124 valence electrons. The summed E-state index contributed by atoms with van der Waals surface area (Å²) < 4.78 is 8.79. The Morgan fingerprint density at radius 1 is 1.21 bits per heavy atom. The van der Waals surface area contributed by atoms with E-state index in [0.29, 0.717) is 17.0 Å². The van der Waals surface area contributed by atoms with E-state index >= 15 is 0 Å². The second-order valence-corrected chi connectivity index (χ2v) is 6.87. The molecule has 0 aliphatic carbocycles. The molecule has 2 aromatic heterocycles. The molecule has 1 unspecified atom stereocenters. The number of aromatic nitrogens is 4. The first-order valence-corrected chi connectivity index (χ1v) is 8.92. The molecule has 1 fully saturated rings. The fourth-order valence-corrected chi connectivity index (χ4v) is 3.23. The van der Waals surface area contributed by atoms with Gasteiger partial charge in [0.2, 0.25) is 5.28 Å². The van der Waals surface area contributed by atoms with Crippen LogP contribution in [0, 0.1) is 0 Å². The standard InChI is InChI=1S/C16H15BrClN5O/c17-10-4-6-11(7-5-10)20-14-13-15(22-16(18)21-14)23(9-19-13)12-3-1-2-8-24-12/h4-7,9,12H,1-3,8H2,(H,20,21,22). The predicted octanol–water partition coefficient (Wildman–Crippen LogP) is 4.68. The number of hydrogen-bond donors (Lipinski definition) is 1. The van der Waals surface area contributed by atoms with Crippen LogP contribution >= 0.6 is 27.5 Å². The molecule has 1 aliphatic heterocycles. The van der Waals surface area contributed by atoms with E-state index in [1.165, 1.54) is 0 Å². The lowest BCUT2D eigenvalue weighted by molar-refractivity contribution is -0.0298. The van der Waals surface area contributed by atoms with Gasteiger partial charge in [0.25, 0.3) is 0 Å². The third-order valence-corrected chi connectivity index (χ3v) is 4.66. The Kier molecular flexibility index (Phi) is 4.39. The maximum atomic E-state index is 6.13. The zero-order chi connectivity index (χ0) is 16.5. The molecule has 1 N–H and O–H groups in total. The van der Waals surface area contributed by atoms with E-state index in [1.54, 1.807) is 6.33 Å². The highest BCUT2D eigenvalue weighted by Crippen LogP contribution is 2.30. The van der Waals surface area contributed by atoms with Crippen LogP contribution in [-0.4, -0.2) is 26.1 Å². The van der Waals surface area contributed by atoms with Gasteiger partial charge < -0.3 is 10.1 Å². The average molecular weight is 409 g/mol. The minimum Gasteiger partial charge on any atom is -0.358 e. The number of imidazole rings is 1. The number of ether oxygens (including phenoxy) is 1.